The molecule has 1 aliphatic heterocycles. The van der Waals surface area contributed by atoms with Crippen LogP contribution in [0.15, 0.2) is 48.5 Å². The van der Waals surface area contributed by atoms with Crippen molar-refractivity contribution in [1.82, 2.24) is 4.90 Å². The van der Waals surface area contributed by atoms with Gasteiger partial charge in [-0.05, 0) is 12.1 Å². The zero-order chi connectivity index (χ0) is 12.5. The van der Waals surface area contributed by atoms with Gasteiger partial charge in [-0.25, -0.2) is 0 Å². The summed E-state index contributed by atoms with van der Waals surface area (Å²) in [6, 6.07) is 15.6. The fourth-order valence-electron chi connectivity index (χ4n) is 2.38. The van der Waals surface area contributed by atoms with Crippen molar-refractivity contribution in [3.63, 3.8) is 0 Å². The van der Waals surface area contributed by atoms with Gasteiger partial charge >= 0.3 is 0 Å². The van der Waals surface area contributed by atoms with Crippen LogP contribution in [0.3, 0.4) is 0 Å². The highest BCUT2D eigenvalue weighted by molar-refractivity contribution is 5.58. The molecule has 3 rings (SSSR count). The summed E-state index contributed by atoms with van der Waals surface area (Å²) >= 11 is 0. The molecule has 3 nitrogen and oxygen atoms in total. The summed E-state index contributed by atoms with van der Waals surface area (Å²) < 4.78 is 5.86. The number of nitrogens with zero attached hydrogens (tertiary/aromatic N) is 1. The Kier molecular flexibility index (Phi) is 2.52. The maximum Gasteiger partial charge on any atom is 0.210 e. The fraction of sp³-hybridized carbons (Fsp3) is 0.133. The first-order chi connectivity index (χ1) is 8.81. The number of fused-ring (bicyclic) bond motifs is 2. The van der Waals surface area contributed by atoms with E-state index >= 15 is 0 Å². The number of ether oxygens (including phenoxy) is 1. The number of carbonyl (C=O) groups excluding carboxylic acids is 1. The van der Waals surface area contributed by atoms with Crippen LogP contribution in [0.1, 0.15) is 17.2 Å². The topological polar surface area (TPSA) is 29.5 Å². The van der Waals surface area contributed by atoms with Gasteiger partial charge in [-0.1, -0.05) is 36.4 Å². The molecular formula is C15H13NO2. The molecule has 0 N–H and O–H groups in total. The van der Waals surface area contributed by atoms with Gasteiger partial charge in [0.15, 0.2) is 0 Å². The molecule has 3 heteroatoms. The van der Waals surface area contributed by atoms with Gasteiger partial charge in [0, 0.05) is 18.2 Å². The van der Waals surface area contributed by atoms with Gasteiger partial charge in [0.1, 0.15) is 11.5 Å². The fourth-order valence-corrected chi connectivity index (χ4v) is 2.38. The summed E-state index contributed by atoms with van der Waals surface area (Å²) in [4.78, 5) is 12.8. The lowest BCUT2D eigenvalue weighted by atomic mass is 9.94. The second-order valence-electron chi connectivity index (χ2n) is 4.35. The molecule has 18 heavy (non-hydrogen) atoms. The minimum atomic E-state index is -0.0800. The van der Waals surface area contributed by atoms with Crippen molar-refractivity contribution in [3.05, 3.63) is 59.7 Å². The molecule has 1 heterocycles. The number of benzene rings is 2. The molecule has 0 saturated carbocycles. The minimum Gasteiger partial charge on any atom is -0.457 e. The molecule has 2 aromatic carbocycles. The van der Waals surface area contributed by atoms with Crippen molar-refractivity contribution in [2.45, 2.75) is 6.04 Å². The van der Waals surface area contributed by atoms with Crippen molar-refractivity contribution in [1.29, 1.82) is 0 Å². The summed E-state index contributed by atoms with van der Waals surface area (Å²) in [6.07, 6.45) is 0.851. The van der Waals surface area contributed by atoms with Crippen LogP contribution < -0.4 is 4.74 Å². The predicted molar refractivity (Wildman–Crippen MR) is 68.6 cm³/mol. The van der Waals surface area contributed by atoms with Crippen molar-refractivity contribution < 1.29 is 9.53 Å². The Hall–Kier alpha value is -2.29. The molecule has 1 amide bonds. The number of hydrogen-bond donors (Lipinski definition) is 0. The normalized spacial score (nSPS) is 13.2. The second-order valence-corrected chi connectivity index (χ2v) is 4.35. The number of carbonyl (C=O) groups is 1. The summed E-state index contributed by atoms with van der Waals surface area (Å²) in [5, 5.41) is 0. The third-order valence-corrected chi connectivity index (χ3v) is 3.22. The van der Waals surface area contributed by atoms with E-state index in [1.807, 2.05) is 48.5 Å². The van der Waals surface area contributed by atoms with Crippen LogP contribution >= 0.6 is 0 Å². The maximum atomic E-state index is 11.1. The second kappa shape index (κ2) is 4.18. The highest BCUT2D eigenvalue weighted by Crippen LogP contribution is 2.44. The third kappa shape index (κ3) is 1.56. The van der Waals surface area contributed by atoms with Gasteiger partial charge < -0.3 is 9.64 Å². The summed E-state index contributed by atoms with van der Waals surface area (Å²) in [7, 11) is 1.79. The monoisotopic (exact) mass is 239 g/mol. The van der Waals surface area contributed by atoms with Crippen molar-refractivity contribution in [3.8, 4) is 11.5 Å². The van der Waals surface area contributed by atoms with Gasteiger partial charge in [-0.3, -0.25) is 4.79 Å². The van der Waals surface area contributed by atoms with E-state index < -0.39 is 0 Å². The first-order valence-electron chi connectivity index (χ1n) is 5.84. The van der Waals surface area contributed by atoms with E-state index in [-0.39, 0.29) is 6.04 Å². The van der Waals surface area contributed by atoms with Gasteiger partial charge in [0.25, 0.3) is 0 Å². The number of hydrogen-bond acceptors (Lipinski definition) is 2. The van der Waals surface area contributed by atoms with E-state index in [0.717, 1.165) is 29.0 Å². The van der Waals surface area contributed by atoms with Crippen LogP contribution in [-0.4, -0.2) is 18.4 Å². The Balaban J connectivity index is 2.20. The maximum absolute atomic E-state index is 11.1. The lowest BCUT2D eigenvalue weighted by Gasteiger charge is -2.32. The standard InChI is InChI=1S/C15H13NO2/c1-16(10-17)15-11-6-2-4-8-13(11)18-14-9-5-3-7-12(14)15/h2-10,15H,1H3. The highest BCUT2D eigenvalue weighted by atomic mass is 16.5. The van der Waals surface area contributed by atoms with E-state index in [1.54, 1.807) is 11.9 Å². The molecule has 90 valence electrons. The molecule has 2 aromatic rings. The van der Waals surface area contributed by atoms with Crippen LogP contribution in [0.4, 0.5) is 0 Å². The van der Waals surface area contributed by atoms with Crippen molar-refractivity contribution >= 4 is 6.41 Å². The Morgan fingerprint density at radius 2 is 1.50 bits per heavy atom. The molecule has 0 aliphatic carbocycles. The predicted octanol–water partition coefficient (Wildman–Crippen LogP) is 2.97. The lowest BCUT2D eigenvalue weighted by molar-refractivity contribution is -0.118. The molecule has 0 atom stereocenters. The summed E-state index contributed by atoms with van der Waals surface area (Å²) in [6.45, 7) is 0. The van der Waals surface area contributed by atoms with Crippen LogP contribution in [-0.2, 0) is 4.79 Å². The summed E-state index contributed by atoms with van der Waals surface area (Å²) in [5.74, 6) is 1.63. The molecule has 0 fully saturated rings. The zero-order valence-corrected chi connectivity index (χ0v) is 10.0. The SMILES string of the molecule is CN(C=O)C1c2ccccc2Oc2ccccc21. The molecule has 0 bridgehead atoms. The third-order valence-electron chi connectivity index (χ3n) is 3.22. The Morgan fingerprint density at radius 3 is 2.00 bits per heavy atom. The highest BCUT2D eigenvalue weighted by Gasteiger charge is 2.29. The molecule has 1 aliphatic rings. The van der Waals surface area contributed by atoms with Crippen LogP contribution in [0.25, 0.3) is 0 Å². The first kappa shape index (κ1) is 10.8. The average molecular weight is 239 g/mol. The van der Waals surface area contributed by atoms with E-state index in [9.17, 15) is 4.79 Å². The van der Waals surface area contributed by atoms with E-state index in [0.29, 0.717) is 0 Å². The number of para-hydroxylation sites is 2. The Morgan fingerprint density at radius 1 is 1.00 bits per heavy atom. The number of rotatable bonds is 2. The largest absolute Gasteiger partial charge is 0.457 e. The molecule has 0 saturated heterocycles. The van der Waals surface area contributed by atoms with Gasteiger partial charge in [-0.2, -0.15) is 0 Å². The lowest BCUT2D eigenvalue weighted by Crippen LogP contribution is -2.26. The van der Waals surface area contributed by atoms with Crippen molar-refractivity contribution in [2.75, 3.05) is 7.05 Å². The smallest absolute Gasteiger partial charge is 0.210 e. The van der Waals surface area contributed by atoms with Gasteiger partial charge in [-0.15, -0.1) is 0 Å². The van der Waals surface area contributed by atoms with E-state index in [2.05, 4.69) is 0 Å². The van der Waals surface area contributed by atoms with Gasteiger partial charge in [0.2, 0.25) is 6.41 Å². The van der Waals surface area contributed by atoms with Crippen LogP contribution in [0, 0.1) is 0 Å². The van der Waals surface area contributed by atoms with Crippen LogP contribution in [0.5, 0.6) is 11.5 Å². The molecular weight excluding hydrogens is 226 g/mol. The molecule has 0 aromatic heterocycles. The first-order valence-corrected chi connectivity index (χ1v) is 5.84. The Bertz CT molecular complexity index is 549. The van der Waals surface area contributed by atoms with Crippen molar-refractivity contribution in [2.24, 2.45) is 0 Å². The van der Waals surface area contributed by atoms with Crippen LogP contribution in [0.2, 0.25) is 0 Å². The average Bonchev–Trinajstić information content (AvgIpc) is 2.44. The van der Waals surface area contributed by atoms with Gasteiger partial charge in [0.05, 0.1) is 6.04 Å². The summed E-state index contributed by atoms with van der Waals surface area (Å²) in [5.41, 5.74) is 2.04. The van der Waals surface area contributed by atoms with E-state index in [1.165, 1.54) is 0 Å². The zero-order valence-electron chi connectivity index (χ0n) is 10.0. The molecule has 0 spiro atoms. The molecule has 0 unspecified atom stereocenters. The Labute approximate surface area is 106 Å². The quantitative estimate of drug-likeness (QED) is 0.754. The van der Waals surface area contributed by atoms with E-state index in [4.69, 9.17) is 4.74 Å². The number of amides is 1. The molecule has 0 radical (unpaired) electrons. The minimum absolute atomic E-state index is 0.0800.